The van der Waals surface area contributed by atoms with Crippen LogP contribution in [0.1, 0.15) is 15.9 Å². The van der Waals surface area contributed by atoms with Gasteiger partial charge in [-0.2, -0.15) is 0 Å². The number of rotatable bonds is 2. The van der Waals surface area contributed by atoms with Crippen LogP contribution in [0.15, 0.2) is 45.6 Å². The lowest BCUT2D eigenvalue weighted by molar-refractivity contribution is 0.102. The topological polar surface area (TPSA) is 42.0 Å². The molecule has 0 aliphatic carbocycles. The molecule has 0 aliphatic rings. The van der Waals surface area contributed by atoms with Crippen LogP contribution in [0.5, 0.6) is 0 Å². The molecule has 0 radical (unpaired) electrons. The van der Waals surface area contributed by atoms with Gasteiger partial charge in [-0.3, -0.25) is 4.79 Å². The largest absolute Gasteiger partial charge is 0.321 e. The molecule has 1 N–H and O–H groups in total. The van der Waals surface area contributed by atoms with E-state index >= 15 is 0 Å². The highest BCUT2D eigenvalue weighted by Gasteiger charge is 2.10. The third-order valence-electron chi connectivity index (χ3n) is 2.50. The van der Waals surface area contributed by atoms with Crippen LogP contribution in [-0.4, -0.2) is 10.9 Å². The van der Waals surface area contributed by atoms with E-state index in [-0.39, 0.29) is 5.91 Å². The van der Waals surface area contributed by atoms with Gasteiger partial charge < -0.3 is 5.32 Å². The molecule has 0 fully saturated rings. The molecule has 2 rings (SSSR count). The second kappa shape index (κ2) is 5.63. The SMILES string of the molecule is Cc1c(Br)cccc1C(=O)Nc1ccc(Br)nc1. The Labute approximate surface area is 122 Å². The first-order chi connectivity index (χ1) is 8.58. The third-order valence-corrected chi connectivity index (χ3v) is 3.83. The number of amides is 1. The Morgan fingerprint density at radius 1 is 1.22 bits per heavy atom. The maximum atomic E-state index is 12.1. The van der Waals surface area contributed by atoms with Crippen molar-refractivity contribution >= 4 is 43.5 Å². The number of hydrogen-bond donors (Lipinski definition) is 1. The molecule has 1 aromatic heterocycles. The lowest BCUT2D eigenvalue weighted by Crippen LogP contribution is -2.13. The molecular formula is C13H10Br2N2O. The number of nitrogens with one attached hydrogen (secondary N) is 1. The zero-order valence-electron chi connectivity index (χ0n) is 9.58. The van der Waals surface area contributed by atoms with Crippen LogP contribution in [0.3, 0.4) is 0 Å². The molecule has 0 unspecified atom stereocenters. The normalized spacial score (nSPS) is 10.2. The third kappa shape index (κ3) is 2.97. The van der Waals surface area contributed by atoms with Gasteiger partial charge in [0.2, 0.25) is 0 Å². The van der Waals surface area contributed by atoms with E-state index in [1.807, 2.05) is 19.1 Å². The zero-order valence-corrected chi connectivity index (χ0v) is 12.7. The molecular weight excluding hydrogens is 360 g/mol. The van der Waals surface area contributed by atoms with Crippen molar-refractivity contribution < 1.29 is 4.79 Å². The number of pyridine rings is 1. The van der Waals surface area contributed by atoms with Crippen LogP contribution in [0.25, 0.3) is 0 Å². The molecule has 5 heteroatoms. The molecule has 18 heavy (non-hydrogen) atoms. The van der Waals surface area contributed by atoms with Gasteiger partial charge in [-0.15, -0.1) is 0 Å². The van der Waals surface area contributed by atoms with Gasteiger partial charge in [-0.05, 0) is 52.7 Å². The summed E-state index contributed by atoms with van der Waals surface area (Å²) < 4.78 is 1.66. The van der Waals surface area contributed by atoms with Crippen molar-refractivity contribution in [3.05, 3.63) is 56.7 Å². The Hall–Kier alpha value is -1.20. The van der Waals surface area contributed by atoms with Gasteiger partial charge in [0.15, 0.2) is 0 Å². The molecule has 0 bridgehead atoms. The predicted octanol–water partition coefficient (Wildman–Crippen LogP) is 4.17. The summed E-state index contributed by atoms with van der Waals surface area (Å²) in [6.45, 7) is 1.90. The van der Waals surface area contributed by atoms with E-state index in [2.05, 4.69) is 42.2 Å². The number of hydrogen-bond acceptors (Lipinski definition) is 2. The van der Waals surface area contributed by atoms with Crippen LogP contribution in [-0.2, 0) is 0 Å². The highest BCUT2D eigenvalue weighted by molar-refractivity contribution is 9.10. The Bertz CT molecular complexity index is 582. The average molecular weight is 370 g/mol. The lowest BCUT2D eigenvalue weighted by Gasteiger charge is -2.08. The molecule has 1 heterocycles. The fourth-order valence-corrected chi connectivity index (χ4v) is 2.10. The molecule has 0 spiro atoms. The van der Waals surface area contributed by atoms with Crippen LogP contribution in [0.4, 0.5) is 5.69 Å². The Kier molecular flexibility index (Phi) is 4.14. The van der Waals surface area contributed by atoms with Crippen molar-refractivity contribution in [3.8, 4) is 0 Å². The van der Waals surface area contributed by atoms with Crippen molar-refractivity contribution in [2.45, 2.75) is 6.92 Å². The highest BCUT2D eigenvalue weighted by atomic mass is 79.9. The summed E-state index contributed by atoms with van der Waals surface area (Å²) in [4.78, 5) is 16.2. The molecule has 0 saturated carbocycles. The number of carbonyl (C=O) groups is 1. The molecule has 92 valence electrons. The number of halogens is 2. The summed E-state index contributed by atoms with van der Waals surface area (Å²) in [5.41, 5.74) is 2.23. The van der Waals surface area contributed by atoms with E-state index in [1.165, 1.54) is 0 Å². The van der Waals surface area contributed by atoms with E-state index in [0.717, 1.165) is 14.6 Å². The minimum Gasteiger partial charge on any atom is -0.321 e. The van der Waals surface area contributed by atoms with Crippen molar-refractivity contribution in [3.63, 3.8) is 0 Å². The fraction of sp³-hybridized carbons (Fsp3) is 0.0769. The Morgan fingerprint density at radius 2 is 2.00 bits per heavy atom. The summed E-state index contributed by atoms with van der Waals surface area (Å²) >= 11 is 6.66. The highest BCUT2D eigenvalue weighted by Crippen LogP contribution is 2.20. The van der Waals surface area contributed by atoms with Crippen LogP contribution < -0.4 is 5.32 Å². The maximum absolute atomic E-state index is 12.1. The standard InChI is InChI=1S/C13H10Br2N2O/c1-8-10(3-2-4-11(8)14)13(18)17-9-5-6-12(15)16-7-9/h2-7H,1H3,(H,17,18). The summed E-state index contributed by atoms with van der Waals surface area (Å²) in [5.74, 6) is -0.141. The minimum atomic E-state index is -0.141. The van der Waals surface area contributed by atoms with E-state index in [9.17, 15) is 4.79 Å². The summed E-state index contributed by atoms with van der Waals surface area (Å²) in [6, 6.07) is 9.12. The molecule has 0 aliphatic heterocycles. The quantitative estimate of drug-likeness (QED) is 0.807. The summed E-state index contributed by atoms with van der Waals surface area (Å²) in [5, 5.41) is 2.81. The number of anilines is 1. The van der Waals surface area contributed by atoms with Crippen molar-refractivity contribution in [2.24, 2.45) is 0 Å². The monoisotopic (exact) mass is 368 g/mol. The molecule has 2 aromatic rings. The Balaban J connectivity index is 2.22. The van der Waals surface area contributed by atoms with Crippen LogP contribution >= 0.6 is 31.9 Å². The number of nitrogens with zero attached hydrogens (tertiary/aromatic N) is 1. The zero-order chi connectivity index (χ0) is 13.1. The predicted molar refractivity (Wildman–Crippen MR) is 78.8 cm³/mol. The van der Waals surface area contributed by atoms with Gasteiger partial charge in [-0.1, -0.05) is 22.0 Å². The number of benzene rings is 1. The first-order valence-corrected chi connectivity index (χ1v) is 6.84. The molecule has 0 saturated heterocycles. The van der Waals surface area contributed by atoms with E-state index in [4.69, 9.17) is 0 Å². The van der Waals surface area contributed by atoms with Crippen molar-refractivity contribution in [1.82, 2.24) is 4.98 Å². The van der Waals surface area contributed by atoms with Crippen LogP contribution in [0.2, 0.25) is 0 Å². The second-order valence-corrected chi connectivity index (χ2v) is 5.40. The van der Waals surface area contributed by atoms with Gasteiger partial charge in [0.1, 0.15) is 4.60 Å². The average Bonchev–Trinajstić information content (AvgIpc) is 2.35. The summed E-state index contributed by atoms with van der Waals surface area (Å²) in [7, 11) is 0. The van der Waals surface area contributed by atoms with E-state index in [1.54, 1.807) is 24.4 Å². The molecule has 3 nitrogen and oxygen atoms in total. The number of carbonyl (C=O) groups excluding carboxylic acids is 1. The van der Waals surface area contributed by atoms with Gasteiger partial charge in [0, 0.05) is 10.0 Å². The summed E-state index contributed by atoms with van der Waals surface area (Å²) in [6.07, 6.45) is 1.61. The smallest absolute Gasteiger partial charge is 0.256 e. The van der Waals surface area contributed by atoms with E-state index in [0.29, 0.717) is 11.3 Å². The molecule has 0 atom stereocenters. The lowest BCUT2D eigenvalue weighted by atomic mass is 10.1. The maximum Gasteiger partial charge on any atom is 0.256 e. The first kappa shape index (κ1) is 13.2. The number of aromatic nitrogens is 1. The van der Waals surface area contributed by atoms with Crippen LogP contribution in [0, 0.1) is 6.92 Å². The Morgan fingerprint density at radius 3 is 2.67 bits per heavy atom. The van der Waals surface area contributed by atoms with Gasteiger partial charge in [-0.25, -0.2) is 4.98 Å². The first-order valence-electron chi connectivity index (χ1n) is 5.26. The fourth-order valence-electron chi connectivity index (χ4n) is 1.50. The molecule has 1 aromatic carbocycles. The van der Waals surface area contributed by atoms with E-state index < -0.39 is 0 Å². The van der Waals surface area contributed by atoms with Gasteiger partial charge in [0.05, 0.1) is 11.9 Å². The molecule has 1 amide bonds. The van der Waals surface area contributed by atoms with Crippen molar-refractivity contribution in [2.75, 3.05) is 5.32 Å². The minimum absolute atomic E-state index is 0.141. The van der Waals surface area contributed by atoms with Gasteiger partial charge >= 0.3 is 0 Å². The van der Waals surface area contributed by atoms with Gasteiger partial charge in [0.25, 0.3) is 5.91 Å². The van der Waals surface area contributed by atoms with Crippen molar-refractivity contribution in [1.29, 1.82) is 0 Å². The second-order valence-electron chi connectivity index (χ2n) is 3.74.